The molecule has 6 heteroatoms. The Morgan fingerprint density at radius 1 is 1.32 bits per heavy atom. The summed E-state index contributed by atoms with van der Waals surface area (Å²) in [4.78, 5) is 20.6. The van der Waals surface area contributed by atoms with E-state index in [-0.39, 0.29) is 23.9 Å². The number of carbonyl (C=O) groups is 1. The highest BCUT2D eigenvalue weighted by Crippen LogP contribution is 2.51. The molecule has 166 valence electrons. The molecule has 0 saturated carbocycles. The lowest BCUT2D eigenvalue weighted by atomic mass is 9.67. The van der Waals surface area contributed by atoms with Crippen molar-refractivity contribution in [2.75, 3.05) is 13.7 Å². The van der Waals surface area contributed by atoms with Crippen molar-refractivity contribution in [2.24, 2.45) is 5.41 Å². The van der Waals surface area contributed by atoms with Crippen LogP contribution in [0.25, 0.3) is 0 Å². The van der Waals surface area contributed by atoms with Gasteiger partial charge in [-0.1, -0.05) is 55.3 Å². The number of allylic oxidation sites excluding steroid dienone is 1. The first kappa shape index (κ1) is 23.8. The van der Waals surface area contributed by atoms with Crippen molar-refractivity contribution < 1.29 is 9.53 Å². The molecule has 2 aromatic rings. The molecule has 1 fully saturated rings. The Bertz CT molecular complexity index is 918. The summed E-state index contributed by atoms with van der Waals surface area (Å²) in [6, 6.07) is 11.3. The van der Waals surface area contributed by atoms with Gasteiger partial charge in [-0.05, 0) is 49.1 Å². The number of rotatable bonds is 8. The monoisotopic (exact) mass is 460 g/mol. The lowest BCUT2D eigenvalue weighted by Gasteiger charge is -2.51. The fraction of sp³-hybridized carbons (Fsp3) is 0.440. The number of nitrogens with zero attached hydrogens (tertiary/aromatic N) is 2. The van der Waals surface area contributed by atoms with Gasteiger partial charge in [0.05, 0.1) is 34.8 Å². The third kappa shape index (κ3) is 4.97. The van der Waals surface area contributed by atoms with Gasteiger partial charge in [0.1, 0.15) is 0 Å². The average Bonchev–Trinajstić information content (AvgIpc) is 2.75. The summed E-state index contributed by atoms with van der Waals surface area (Å²) in [6.07, 6.45) is 5.53. The number of methoxy groups -OCH3 is 1. The molecule has 0 N–H and O–H groups in total. The van der Waals surface area contributed by atoms with Crippen LogP contribution in [-0.2, 0) is 9.53 Å². The quantitative estimate of drug-likeness (QED) is 0.424. The molecule has 1 aromatic heterocycles. The van der Waals surface area contributed by atoms with Crippen LogP contribution in [-0.4, -0.2) is 35.5 Å². The molecular weight excluding hydrogens is 431 g/mol. The maximum atomic E-state index is 13.9. The number of hydrogen-bond donors (Lipinski definition) is 0. The van der Waals surface area contributed by atoms with Gasteiger partial charge in [-0.2, -0.15) is 0 Å². The Kier molecular flexibility index (Phi) is 7.79. The summed E-state index contributed by atoms with van der Waals surface area (Å²) in [5, 5.41) is 1.25. The van der Waals surface area contributed by atoms with Crippen molar-refractivity contribution in [3.8, 4) is 0 Å². The molecule has 0 aliphatic carbocycles. The van der Waals surface area contributed by atoms with E-state index in [4.69, 9.17) is 27.9 Å². The molecule has 1 aliphatic rings. The highest BCUT2D eigenvalue weighted by Gasteiger charge is 2.51. The van der Waals surface area contributed by atoms with Crippen molar-refractivity contribution in [1.82, 2.24) is 9.88 Å². The second-order valence-corrected chi connectivity index (χ2v) is 9.37. The van der Waals surface area contributed by atoms with E-state index in [2.05, 4.69) is 24.6 Å². The minimum atomic E-state index is -0.571. The summed E-state index contributed by atoms with van der Waals surface area (Å²) in [7, 11) is 1.67. The molecule has 0 bridgehead atoms. The standard InChI is InChI=1S/C25H30Cl2N2O2/c1-5-12-25(3)14-21(17-8-7-9-18(26)13-17)23(22-11-10-19(27)15-28-22)29(24(25)30)20(6-2)16-31-4/h5,7-11,13,15,20-21,23H,1,6,12,14,16H2,2-4H3/t20-,21+,23-,25?/m0/s1. The molecule has 2 heterocycles. The maximum Gasteiger partial charge on any atom is 0.229 e. The molecule has 4 nitrogen and oxygen atoms in total. The van der Waals surface area contributed by atoms with Crippen molar-refractivity contribution in [3.05, 3.63) is 76.6 Å². The third-order valence-corrected chi connectivity index (χ3v) is 6.71. The zero-order chi connectivity index (χ0) is 22.6. The topological polar surface area (TPSA) is 42.4 Å². The summed E-state index contributed by atoms with van der Waals surface area (Å²) >= 11 is 12.5. The SMILES string of the molecule is C=CCC1(C)C[C@H](c2cccc(Cl)c2)[C@@H](c2ccc(Cl)cn2)N([C@@H](CC)COC)C1=O. The van der Waals surface area contributed by atoms with E-state index in [1.807, 2.05) is 48.2 Å². The number of aromatic nitrogens is 1. The molecule has 31 heavy (non-hydrogen) atoms. The van der Waals surface area contributed by atoms with E-state index in [0.29, 0.717) is 29.5 Å². The largest absolute Gasteiger partial charge is 0.383 e. The fourth-order valence-corrected chi connectivity index (χ4v) is 5.04. The van der Waals surface area contributed by atoms with E-state index in [0.717, 1.165) is 17.7 Å². The van der Waals surface area contributed by atoms with Crippen LogP contribution in [0.3, 0.4) is 0 Å². The second-order valence-electron chi connectivity index (χ2n) is 8.50. The van der Waals surface area contributed by atoms with Crippen LogP contribution in [0.15, 0.2) is 55.3 Å². The van der Waals surface area contributed by atoms with Crippen LogP contribution in [0.5, 0.6) is 0 Å². The average molecular weight is 461 g/mol. The first-order valence-corrected chi connectivity index (χ1v) is 11.4. The lowest BCUT2D eigenvalue weighted by Crippen LogP contribution is -2.56. The van der Waals surface area contributed by atoms with Crippen LogP contribution in [0.2, 0.25) is 10.0 Å². The first-order valence-electron chi connectivity index (χ1n) is 10.6. The zero-order valence-corrected chi connectivity index (χ0v) is 19.9. The molecule has 1 aromatic carbocycles. The summed E-state index contributed by atoms with van der Waals surface area (Å²) in [6.45, 7) is 8.49. The minimum absolute atomic E-state index is 0.0148. The normalized spacial score (nSPS) is 24.8. The Labute approximate surface area is 195 Å². The second kappa shape index (κ2) is 10.2. The number of amides is 1. The number of halogens is 2. The van der Waals surface area contributed by atoms with Crippen molar-refractivity contribution in [1.29, 1.82) is 0 Å². The number of hydrogen-bond acceptors (Lipinski definition) is 3. The number of piperidine rings is 1. The van der Waals surface area contributed by atoms with Gasteiger partial charge in [0.25, 0.3) is 0 Å². The first-order chi connectivity index (χ1) is 14.8. The molecule has 1 amide bonds. The maximum absolute atomic E-state index is 13.9. The van der Waals surface area contributed by atoms with Crippen LogP contribution in [0, 0.1) is 5.41 Å². The van der Waals surface area contributed by atoms with E-state index in [1.165, 1.54) is 0 Å². The van der Waals surface area contributed by atoms with Gasteiger partial charge in [0.15, 0.2) is 0 Å². The van der Waals surface area contributed by atoms with Gasteiger partial charge in [0.2, 0.25) is 5.91 Å². The fourth-order valence-electron chi connectivity index (χ4n) is 4.73. The third-order valence-electron chi connectivity index (χ3n) is 6.25. The predicted molar refractivity (Wildman–Crippen MR) is 127 cm³/mol. The van der Waals surface area contributed by atoms with Gasteiger partial charge >= 0.3 is 0 Å². The number of likely N-dealkylation sites (tertiary alicyclic amines) is 1. The van der Waals surface area contributed by atoms with Gasteiger partial charge in [-0.25, -0.2) is 0 Å². The van der Waals surface area contributed by atoms with Gasteiger partial charge in [-0.3, -0.25) is 9.78 Å². The predicted octanol–water partition coefficient (Wildman–Crippen LogP) is 6.45. The number of benzene rings is 1. The molecule has 1 saturated heterocycles. The Morgan fingerprint density at radius 2 is 2.10 bits per heavy atom. The van der Waals surface area contributed by atoms with Crippen LogP contribution in [0.4, 0.5) is 0 Å². The number of ether oxygens (including phenoxy) is 1. The lowest BCUT2D eigenvalue weighted by molar-refractivity contribution is -0.156. The molecule has 0 radical (unpaired) electrons. The summed E-state index contributed by atoms with van der Waals surface area (Å²) in [5.74, 6) is 0.122. The molecular formula is C25H30Cl2N2O2. The molecule has 4 atom stereocenters. The number of pyridine rings is 1. The molecule has 3 rings (SSSR count). The highest BCUT2D eigenvalue weighted by molar-refractivity contribution is 6.30. The van der Waals surface area contributed by atoms with E-state index < -0.39 is 5.41 Å². The van der Waals surface area contributed by atoms with Gasteiger partial charge in [0, 0.05) is 24.2 Å². The van der Waals surface area contributed by atoms with Gasteiger partial charge in [-0.15, -0.1) is 6.58 Å². The van der Waals surface area contributed by atoms with Crippen molar-refractivity contribution in [3.63, 3.8) is 0 Å². The van der Waals surface area contributed by atoms with E-state index in [1.54, 1.807) is 13.3 Å². The highest BCUT2D eigenvalue weighted by atomic mass is 35.5. The van der Waals surface area contributed by atoms with Gasteiger partial charge < -0.3 is 9.64 Å². The summed E-state index contributed by atoms with van der Waals surface area (Å²) in [5.41, 5.74) is 1.34. The van der Waals surface area contributed by atoms with E-state index >= 15 is 0 Å². The Hall–Kier alpha value is -1.88. The van der Waals surface area contributed by atoms with Crippen LogP contribution >= 0.6 is 23.2 Å². The van der Waals surface area contributed by atoms with Crippen molar-refractivity contribution >= 4 is 29.1 Å². The van der Waals surface area contributed by atoms with Crippen molar-refractivity contribution in [2.45, 2.75) is 51.1 Å². The smallest absolute Gasteiger partial charge is 0.229 e. The minimum Gasteiger partial charge on any atom is -0.383 e. The van der Waals surface area contributed by atoms with Crippen LogP contribution < -0.4 is 0 Å². The zero-order valence-electron chi connectivity index (χ0n) is 18.4. The van der Waals surface area contributed by atoms with E-state index in [9.17, 15) is 4.79 Å². The Balaban J connectivity index is 2.21. The number of carbonyl (C=O) groups excluding carboxylic acids is 1. The molecule has 0 spiro atoms. The Morgan fingerprint density at radius 3 is 2.68 bits per heavy atom. The summed E-state index contributed by atoms with van der Waals surface area (Å²) < 4.78 is 5.51. The molecule has 1 unspecified atom stereocenters. The van der Waals surface area contributed by atoms with Crippen LogP contribution in [0.1, 0.15) is 56.3 Å². The molecule has 1 aliphatic heterocycles.